The van der Waals surface area contributed by atoms with E-state index in [0.29, 0.717) is 0 Å². The minimum Gasteiger partial charge on any atom is -0.399 e. The lowest BCUT2D eigenvalue weighted by Crippen LogP contribution is -2.20. The third-order valence-corrected chi connectivity index (χ3v) is 2.29. The minimum absolute atomic E-state index is 0.807. The summed E-state index contributed by atoms with van der Waals surface area (Å²) in [5, 5.41) is 0. The quantitative estimate of drug-likeness (QED) is 0.683. The summed E-state index contributed by atoms with van der Waals surface area (Å²) < 4.78 is 0. The molecule has 1 aromatic carbocycles. The van der Waals surface area contributed by atoms with E-state index in [9.17, 15) is 0 Å². The standard InChI is InChI=1S/C12H14N2/c1-10-3-2-8-14(9-10)12-6-4-11(13)5-7-12/h2-8H,9,13H2,1H3. The molecular formula is C12H14N2. The molecule has 2 nitrogen and oxygen atoms in total. The maximum atomic E-state index is 5.64. The molecule has 0 fully saturated rings. The first-order valence-corrected chi connectivity index (χ1v) is 4.72. The van der Waals surface area contributed by atoms with E-state index in [4.69, 9.17) is 5.73 Å². The van der Waals surface area contributed by atoms with Crippen LogP contribution in [0.15, 0.2) is 48.2 Å². The lowest BCUT2D eigenvalue weighted by atomic mass is 10.2. The molecule has 0 bridgehead atoms. The Balaban J connectivity index is 2.21. The summed E-state index contributed by atoms with van der Waals surface area (Å²) in [7, 11) is 0. The van der Waals surface area contributed by atoms with Gasteiger partial charge < -0.3 is 10.6 Å². The molecule has 0 radical (unpaired) electrons. The van der Waals surface area contributed by atoms with Crippen LogP contribution in [-0.2, 0) is 0 Å². The number of hydrogen-bond donors (Lipinski definition) is 1. The van der Waals surface area contributed by atoms with Crippen LogP contribution in [-0.4, -0.2) is 6.54 Å². The first-order chi connectivity index (χ1) is 6.75. The van der Waals surface area contributed by atoms with E-state index in [0.717, 1.165) is 12.2 Å². The summed E-state index contributed by atoms with van der Waals surface area (Å²) in [5.41, 5.74) is 8.99. The van der Waals surface area contributed by atoms with E-state index >= 15 is 0 Å². The van der Waals surface area contributed by atoms with E-state index in [1.165, 1.54) is 11.3 Å². The average Bonchev–Trinajstić information content (AvgIpc) is 2.19. The summed E-state index contributed by atoms with van der Waals surface area (Å²) in [4.78, 5) is 2.20. The van der Waals surface area contributed by atoms with Gasteiger partial charge in [-0.1, -0.05) is 11.6 Å². The Bertz CT molecular complexity index is 374. The van der Waals surface area contributed by atoms with Crippen molar-refractivity contribution in [3.8, 4) is 0 Å². The van der Waals surface area contributed by atoms with Crippen LogP contribution in [0, 0.1) is 0 Å². The van der Waals surface area contributed by atoms with Crippen molar-refractivity contribution in [3.63, 3.8) is 0 Å². The second kappa shape index (κ2) is 3.58. The molecule has 0 saturated carbocycles. The van der Waals surface area contributed by atoms with Gasteiger partial charge in [0.1, 0.15) is 0 Å². The number of nitrogens with zero attached hydrogens (tertiary/aromatic N) is 1. The van der Waals surface area contributed by atoms with Crippen LogP contribution in [0.1, 0.15) is 6.92 Å². The van der Waals surface area contributed by atoms with Gasteiger partial charge in [-0.3, -0.25) is 0 Å². The lowest BCUT2D eigenvalue weighted by molar-refractivity contribution is 1.01. The largest absolute Gasteiger partial charge is 0.399 e. The Morgan fingerprint density at radius 3 is 2.57 bits per heavy atom. The van der Waals surface area contributed by atoms with Crippen LogP contribution in [0.2, 0.25) is 0 Å². The summed E-state index contributed by atoms with van der Waals surface area (Å²) >= 11 is 0. The first kappa shape index (κ1) is 8.88. The van der Waals surface area contributed by atoms with Gasteiger partial charge in [-0.15, -0.1) is 0 Å². The van der Waals surface area contributed by atoms with Crippen LogP contribution in [0.4, 0.5) is 11.4 Å². The van der Waals surface area contributed by atoms with E-state index in [2.05, 4.69) is 30.2 Å². The Kier molecular flexibility index (Phi) is 2.27. The van der Waals surface area contributed by atoms with E-state index in [-0.39, 0.29) is 0 Å². The van der Waals surface area contributed by atoms with Crippen LogP contribution < -0.4 is 10.6 Å². The van der Waals surface area contributed by atoms with Crippen LogP contribution in [0.5, 0.6) is 0 Å². The van der Waals surface area contributed by atoms with Crippen molar-refractivity contribution in [2.75, 3.05) is 17.2 Å². The number of nitrogen functional groups attached to an aromatic ring is 1. The molecule has 0 aromatic heterocycles. The second-order valence-corrected chi connectivity index (χ2v) is 3.57. The molecule has 0 saturated heterocycles. The second-order valence-electron chi connectivity index (χ2n) is 3.57. The highest BCUT2D eigenvalue weighted by molar-refractivity contribution is 5.56. The summed E-state index contributed by atoms with van der Waals surface area (Å²) in [6.45, 7) is 3.09. The first-order valence-electron chi connectivity index (χ1n) is 4.72. The number of anilines is 2. The zero-order chi connectivity index (χ0) is 9.97. The molecule has 14 heavy (non-hydrogen) atoms. The molecule has 0 atom stereocenters. The van der Waals surface area contributed by atoms with Gasteiger partial charge in [0.15, 0.2) is 0 Å². The highest BCUT2D eigenvalue weighted by Crippen LogP contribution is 2.19. The summed E-state index contributed by atoms with van der Waals surface area (Å²) in [6, 6.07) is 7.93. The third kappa shape index (κ3) is 1.79. The summed E-state index contributed by atoms with van der Waals surface area (Å²) in [6.07, 6.45) is 6.28. The molecule has 2 heteroatoms. The SMILES string of the molecule is CC1=CC=CN(c2ccc(N)cc2)C1. The molecule has 0 unspecified atom stereocenters. The smallest absolute Gasteiger partial charge is 0.0435 e. The molecule has 2 N–H and O–H groups in total. The number of rotatable bonds is 1. The molecular weight excluding hydrogens is 172 g/mol. The highest BCUT2D eigenvalue weighted by Gasteiger charge is 2.05. The maximum Gasteiger partial charge on any atom is 0.0435 e. The predicted octanol–water partition coefficient (Wildman–Crippen LogP) is 2.55. The molecule has 0 amide bonds. The fourth-order valence-electron chi connectivity index (χ4n) is 1.53. The van der Waals surface area contributed by atoms with Crippen molar-refractivity contribution in [1.82, 2.24) is 0 Å². The Morgan fingerprint density at radius 2 is 1.93 bits per heavy atom. The van der Waals surface area contributed by atoms with Crippen LogP contribution >= 0.6 is 0 Å². The van der Waals surface area contributed by atoms with Gasteiger partial charge in [0.2, 0.25) is 0 Å². The van der Waals surface area contributed by atoms with Crippen molar-refractivity contribution in [3.05, 3.63) is 48.2 Å². The average molecular weight is 186 g/mol. The van der Waals surface area contributed by atoms with E-state index in [1.54, 1.807) is 0 Å². The topological polar surface area (TPSA) is 29.3 Å². The zero-order valence-electron chi connectivity index (χ0n) is 8.27. The molecule has 0 spiro atoms. The van der Waals surface area contributed by atoms with Gasteiger partial charge in [0.25, 0.3) is 0 Å². The highest BCUT2D eigenvalue weighted by atomic mass is 15.1. The van der Waals surface area contributed by atoms with Crippen molar-refractivity contribution >= 4 is 11.4 Å². The number of benzene rings is 1. The Morgan fingerprint density at radius 1 is 1.21 bits per heavy atom. The lowest BCUT2D eigenvalue weighted by Gasteiger charge is -2.23. The van der Waals surface area contributed by atoms with E-state index in [1.807, 2.05) is 24.3 Å². The third-order valence-electron chi connectivity index (χ3n) is 2.29. The normalized spacial score (nSPS) is 15.5. The number of nitrogens with two attached hydrogens (primary N) is 1. The molecule has 1 aliphatic heterocycles. The van der Waals surface area contributed by atoms with Crippen molar-refractivity contribution in [2.45, 2.75) is 6.92 Å². The zero-order valence-corrected chi connectivity index (χ0v) is 8.27. The fraction of sp³-hybridized carbons (Fsp3) is 0.167. The van der Waals surface area contributed by atoms with Crippen LogP contribution in [0.3, 0.4) is 0 Å². The van der Waals surface area contributed by atoms with E-state index < -0.39 is 0 Å². The molecule has 72 valence electrons. The van der Waals surface area contributed by atoms with Gasteiger partial charge in [-0.2, -0.15) is 0 Å². The molecule has 1 aromatic rings. The fourth-order valence-corrected chi connectivity index (χ4v) is 1.53. The molecule has 2 rings (SSSR count). The van der Waals surface area contributed by atoms with Gasteiger partial charge in [0, 0.05) is 24.1 Å². The monoisotopic (exact) mass is 186 g/mol. The van der Waals surface area contributed by atoms with Crippen molar-refractivity contribution in [2.24, 2.45) is 0 Å². The number of hydrogen-bond acceptors (Lipinski definition) is 2. The predicted molar refractivity (Wildman–Crippen MR) is 61.1 cm³/mol. The molecule has 1 aliphatic rings. The van der Waals surface area contributed by atoms with Gasteiger partial charge in [-0.05, 0) is 37.3 Å². The maximum absolute atomic E-state index is 5.64. The van der Waals surface area contributed by atoms with Crippen molar-refractivity contribution in [1.29, 1.82) is 0 Å². The molecule has 0 aliphatic carbocycles. The summed E-state index contributed by atoms with van der Waals surface area (Å²) in [5.74, 6) is 0. The van der Waals surface area contributed by atoms with Gasteiger partial charge in [-0.25, -0.2) is 0 Å². The van der Waals surface area contributed by atoms with Crippen molar-refractivity contribution < 1.29 is 0 Å². The Hall–Kier alpha value is -1.70. The molecule has 1 heterocycles. The van der Waals surface area contributed by atoms with Crippen LogP contribution in [0.25, 0.3) is 0 Å². The minimum atomic E-state index is 0.807. The van der Waals surface area contributed by atoms with Gasteiger partial charge in [0.05, 0.1) is 0 Å². The number of allylic oxidation sites excluding steroid dienone is 2. The Labute approximate surface area is 84.3 Å². The van der Waals surface area contributed by atoms with Gasteiger partial charge >= 0.3 is 0 Å².